The van der Waals surface area contributed by atoms with Crippen LogP contribution in [0.1, 0.15) is 30.1 Å². The maximum absolute atomic E-state index is 10.2. The molecule has 0 aliphatic heterocycles. The van der Waals surface area contributed by atoms with Crippen LogP contribution in [0.25, 0.3) is 0 Å². The number of aromatic hydroxyl groups is 1. The number of benzene rings is 2. The van der Waals surface area contributed by atoms with Crippen LogP contribution in [0.4, 0.5) is 0 Å². The van der Waals surface area contributed by atoms with Crippen molar-refractivity contribution in [3.63, 3.8) is 0 Å². The lowest BCUT2D eigenvalue weighted by Crippen LogP contribution is -2.18. The van der Waals surface area contributed by atoms with Crippen molar-refractivity contribution in [2.24, 2.45) is 5.10 Å². The molecule has 0 saturated heterocycles. The van der Waals surface area contributed by atoms with Gasteiger partial charge in [-0.3, -0.25) is 0 Å². The van der Waals surface area contributed by atoms with Gasteiger partial charge in [-0.05, 0) is 18.1 Å². The number of hydrazone groups is 1. The molecule has 27 heavy (non-hydrogen) atoms. The third kappa shape index (κ3) is 7.28. The Balaban J connectivity index is 0.00000176. The summed E-state index contributed by atoms with van der Waals surface area (Å²) in [5.74, 6) is 0.313. The van der Waals surface area contributed by atoms with Gasteiger partial charge >= 0.3 is 0 Å². The minimum atomic E-state index is 0.110. The van der Waals surface area contributed by atoms with Crippen LogP contribution in [0.2, 0.25) is 0 Å². The van der Waals surface area contributed by atoms with Crippen LogP contribution in [0, 0.1) is 0 Å². The summed E-state index contributed by atoms with van der Waals surface area (Å²) in [6.07, 6.45) is 0.851. The Morgan fingerprint density at radius 2 is 1.74 bits per heavy atom. The highest BCUT2D eigenvalue weighted by Gasteiger charge is 2.16. The number of hydrogen-bond acceptors (Lipinski definition) is 4. The lowest BCUT2D eigenvalue weighted by Gasteiger charge is -2.20. The van der Waals surface area contributed by atoms with Gasteiger partial charge in [0.15, 0.2) is 0 Å². The van der Waals surface area contributed by atoms with Crippen LogP contribution >= 0.6 is 8.58 Å². The van der Waals surface area contributed by atoms with E-state index in [1.165, 1.54) is 0 Å². The van der Waals surface area contributed by atoms with Crippen LogP contribution in [-0.2, 0) is 0 Å². The zero-order chi connectivity index (χ0) is 20.1. The molecule has 0 radical (unpaired) electrons. The lowest BCUT2D eigenvalue weighted by atomic mass is 10.1. The Kier molecular flexibility index (Phi) is 10.6. The van der Waals surface area contributed by atoms with Crippen molar-refractivity contribution < 1.29 is 5.11 Å². The summed E-state index contributed by atoms with van der Waals surface area (Å²) in [7, 11) is 2.31. The summed E-state index contributed by atoms with van der Waals surface area (Å²) < 4.78 is 0. The van der Waals surface area contributed by atoms with Crippen LogP contribution < -0.4 is 10.7 Å². The first-order valence-electron chi connectivity index (χ1n) is 8.91. The maximum atomic E-state index is 10.2. The molecule has 3 N–H and O–H groups in total. The molecular weight excluding hydrogens is 353 g/mol. The van der Waals surface area contributed by atoms with E-state index in [9.17, 15) is 5.11 Å². The summed E-state index contributed by atoms with van der Waals surface area (Å²) in [4.78, 5) is 0. The minimum Gasteiger partial charge on any atom is -0.508 e. The molecule has 0 aliphatic carbocycles. The molecule has 2 aromatic carbocycles. The van der Waals surface area contributed by atoms with E-state index >= 15 is 0 Å². The van der Waals surface area contributed by atoms with Gasteiger partial charge in [0.05, 0.1) is 5.71 Å². The van der Waals surface area contributed by atoms with Crippen LogP contribution in [0.5, 0.6) is 5.75 Å². The Morgan fingerprint density at radius 3 is 2.33 bits per heavy atom. The molecular formula is C22H30N3OP. The standard InChI is InChI=1S/C20H26N3OP.C2H4/c1-4-18(16-10-6-5-7-11-16)23-22-14-20(25-15(2)21-3)17-12-8-9-13-19(17)24;1-2/h5-13,20-22,24-25H,2,4,14H2,1,3H3;1-2H2/b23-18+;. The molecule has 2 rings (SSSR count). The summed E-state index contributed by atoms with van der Waals surface area (Å²) in [5, 5.41) is 17.9. The highest BCUT2D eigenvalue weighted by atomic mass is 31.1. The number of nitrogens with one attached hydrogen (secondary N) is 2. The molecule has 0 spiro atoms. The smallest absolute Gasteiger partial charge is 0.119 e. The van der Waals surface area contributed by atoms with Crippen molar-refractivity contribution in [2.45, 2.75) is 19.0 Å². The maximum Gasteiger partial charge on any atom is 0.119 e. The fraction of sp³-hybridized carbons (Fsp3) is 0.227. The van der Waals surface area contributed by atoms with Crippen molar-refractivity contribution in [3.05, 3.63) is 90.9 Å². The largest absolute Gasteiger partial charge is 0.508 e. The first-order chi connectivity index (χ1) is 13.2. The van der Waals surface area contributed by atoms with E-state index < -0.39 is 0 Å². The van der Waals surface area contributed by atoms with Gasteiger partial charge in [-0.1, -0.05) is 70.6 Å². The van der Waals surface area contributed by atoms with Gasteiger partial charge in [0.1, 0.15) is 5.75 Å². The zero-order valence-corrected chi connectivity index (χ0v) is 17.2. The fourth-order valence-corrected chi connectivity index (χ4v) is 3.67. The van der Waals surface area contributed by atoms with Gasteiger partial charge in [-0.15, -0.1) is 13.2 Å². The molecule has 0 bridgehead atoms. The first kappa shape index (κ1) is 22.5. The Morgan fingerprint density at radius 1 is 1.11 bits per heavy atom. The molecule has 144 valence electrons. The number of nitrogens with zero attached hydrogens (tertiary/aromatic N) is 1. The van der Waals surface area contributed by atoms with E-state index in [0.717, 1.165) is 28.7 Å². The Labute approximate surface area is 164 Å². The molecule has 0 aliphatic rings. The second-order valence-corrected chi connectivity index (χ2v) is 7.21. The molecule has 4 nitrogen and oxygen atoms in total. The van der Waals surface area contributed by atoms with E-state index in [-0.39, 0.29) is 5.66 Å². The lowest BCUT2D eigenvalue weighted by molar-refractivity contribution is 0.466. The van der Waals surface area contributed by atoms with E-state index in [0.29, 0.717) is 20.9 Å². The third-order valence-corrected chi connectivity index (χ3v) is 5.38. The van der Waals surface area contributed by atoms with Crippen LogP contribution in [0.15, 0.2) is 84.9 Å². The zero-order valence-electron chi connectivity index (χ0n) is 16.2. The van der Waals surface area contributed by atoms with Crippen LogP contribution in [0.3, 0.4) is 0 Å². The Hall–Kier alpha value is -2.58. The fourth-order valence-electron chi connectivity index (χ4n) is 2.51. The van der Waals surface area contributed by atoms with Gasteiger partial charge in [0.25, 0.3) is 0 Å². The van der Waals surface area contributed by atoms with Gasteiger partial charge in [0.2, 0.25) is 0 Å². The van der Waals surface area contributed by atoms with Gasteiger partial charge in [-0.2, -0.15) is 5.10 Å². The van der Waals surface area contributed by atoms with E-state index in [1.807, 2.05) is 43.4 Å². The summed E-state index contributed by atoms with van der Waals surface area (Å²) >= 11 is 0. The van der Waals surface area contributed by atoms with E-state index in [4.69, 9.17) is 0 Å². The normalized spacial score (nSPS) is 12.1. The van der Waals surface area contributed by atoms with E-state index in [2.05, 4.69) is 54.6 Å². The molecule has 2 aromatic rings. The van der Waals surface area contributed by atoms with Gasteiger partial charge in [-0.25, -0.2) is 0 Å². The van der Waals surface area contributed by atoms with E-state index in [1.54, 1.807) is 6.07 Å². The molecule has 2 unspecified atom stereocenters. The van der Waals surface area contributed by atoms with Crippen molar-refractivity contribution >= 4 is 14.3 Å². The SMILES string of the molecule is C=C.C=C(NC)PC(CN/N=C(\CC)c1ccccc1)c1ccccc1O. The molecule has 0 fully saturated rings. The second-order valence-electron chi connectivity index (χ2n) is 5.62. The van der Waals surface area contributed by atoms with Crippen molar-refractivity contribution in [3.8, 4) is 5.75 Å². The minimum absolute atomic E-state index is 0.110. The monoisotopic (exact) mass is 383 g/mol. The first-order valence-corrected chi connectivity index (χ1v) is 9.99. The number of para-hydroxylation sites is 1. The van der Waals surface area contributed by atoms with Crippen molar-refractivity contribution in [2.75, 3.05) is 13.6 Å². The summed E-state index contributed by atoms with van der Waals surface area (Å²) in [6, 6.07) is 17.6. The second kappa shape index (κ2) is 12.7. The predicted molar refractivity (Wildman–Crippen MR) is 120 cm³/mol. The molecule has 0 heterocycles. The molecule has 2 atom stereocenters. The number of rotatable bonds is 9. The third-order valence-electron chi connectivity index (χ3n) is 3.91. The molecule has 5 heteroatoms. The molecule has 0 saturated carbocycles. The molecule has 0 amide bonds. The Bertz CT molecular complexity index is 731. The number of phenols is 1. The topological polar surface area (TPSA) is 56.7 Å². The highest BCUT2D eigenvalue weighted by Crippen LogP contribution is 2.41. The highest BCUT2D eigenvalue weighted by molar-refractivity contribution is 7.43. The molecule has 0 aromatic heterocycles. The van der Waals surface area contributed by atoms with Crippen molar-refractivity contribution in [1.29, 1.82) is 0 Å². The van der Waals surface area contributed by atoms with Gasteiger partial charge < -0.3 is 15.8 Å². The average molecular weight is 383 g/mol. The average Bonchev–Trinajstić information content (AvgIpc) is 2.72. The van der Waals surface area contributed by atoms with Gasteiger partial charge in [0, 0.05) is 30.3 Å². The number of hydrogen-bond donors (Lipinski definition) is 3. The summed E-state index contributed by atoms with van der Waals surface area (Å²) in [6.45, 7) is 12.8. The van der Waals surface area contributed by atoms with Crippen LogP contribution in [-0.4, -0.2) is 24.4 Å². The summed E-state index contributed by atoms with van der Waals surface area (Å²) in [5.41, 5.74) is 7.33. The number of phenolic OH excluding ortho intramolecular Hbond substituents is 1. The predicted octanol–water partition coefficient (Wildman–Crippen LogP) is 5.01. The quantitative estimate of drug-likeness (QED) is 0.247. The van der Waals surface area contributed by atoms with Crippen molar-refractivity contribution in [1.82, 2.24) is 10.7 Å².